The summed E-state index contributed by atoms with van der Waals surface area (Å²) in [7, 11) is 0. The Balaban J connectivity index is 1.78. The lowest BCUT2D eigenvalue weighted by Gasteiger charge is -2.15. The Morgan fingerprint density at radius 1 is 1.44 bits per heavy atom. The molecule has 0 fully saturated rings. The van der Waals surface area contributed by atoms with Gasteiger partial charge in [-0.3, -0.25) is 4.68 Å². The number of nitrogens with two attached hydrogens (primary N) is 1. The summed E-state index contributed by atoms with van der Waals surface area (Å²) >= 11 is 0. The zero-order valence-electron chi connectivity index (χ0n) is 13.8. The zero-order valence-corrected chi connectivity index (χ0v) is 13.8. The van der Waals surface area contributed by atoms with Crippen molar-refractivity contribution >= 4 is 16.9 Å². The molecule has 128 valence electrons. The number of hydrogen-bond donors (Lipinski definition) is 2. The average molecular weight is 337 g/mol. The molecule has 3 aromatic rings. The number of rotatable bonds is 6. The highest BCUT2D eigenvalue weighted by Crippen LogP contribution is 2.10. The van der Waals surface area contributed by atoms with Gasteiger partial charge < -0.3 is 11.1 Å². The van der Waals surface area contributed by atoms with Gasteiger partial charge in [0.15, 0.2) is 5.84 Å². The predicted octanol–water partition coefficient (Wildman–Crippen LogP) is 0.891. The lowest BCUT2D eigenvalue weighted by molar-refractivity contribution is 0.482. The van der Waals surface area contributed by atoms with Crippen LogP contribution in [0.1, 0.15) is 6.92 Å². The van der Waals surface area contributed by atoms with E-state index >= 15 is 0 Å². The van der Waals surface area contributed by atoms with E-state index in [0.29, 0.717) is 18.2 Å². The molecule has 0 aliphatic carbocycles. The fraction of sp³-hybridized carbons (Fsp3) is 0.188. The highest BCUT2D eigenvalue weighted by atomic mass is 15.4. The molecule has 2 aromatic heterocycles. The van der Waals surface area contributed by atoms with E-state index in [1.54, 1.807) is 21.8 Å². The van der Waals surface area contributed by atoms with E-state index in [0.717, 1.165) is 11.0 Å². The van der Waals surface area contributed by atoms with Crippen molar-refractivity contribution in [1.82, 2.24) is 35.1 Å². The summed E-state index contributed by atoms with van der Waals surface area (Å²) in [6, 6.07) is 7.69. The van der Waals surface area contributed by atoms with Gasteiger partial charge in [-0.15, -0.1) is 5.10 Å². The van der Waals surface area contributed by atoms with Crippen LogP contribution in [-0.2, 0) is 6.54 Å². The number of hydrogen-bond acceptors (Lipinski definition) is 7. The lowest BCUT2D eigenvalue weighted by atomic mass is 10.3. The second-order valence-electron chi connectivity index (χ2n) is 5.43. The molecular weight excluding hydrogens is 318 g/mol. The number of fused-ring (bicyclic) bond motifs is 1. The van der Waals surface area contributed by atoms with Crippen molar-refractivity contribution in [2.75, 3.05) is 0 Å². The third-order valence-electron chi connectivity index (χ3n) is 3.40. The molecule has 1 atom stereocenters. The van der Waals surface area contributed by atoms with Crippen LogP contribution >= 0.6 is 0 Å². The third-order valence-corrected chi connectivity index (χ3v) is 3.40. The van der Waals surface area contributed by atoms with Gasteiger partial charge in [-0.2, -0.15) is 9.78 Å². The van der Waals surface area contributed by atoms with Gasteiger partial charge in [0.25, 0.3) is 0 Å². The van der Waals surface area contributed by atoms with Gasteiger partial charge in [-0.05, 0) is 31.3 Å². The predicted molar refractivity (Wildman–Crippen MR) is 95.4 cm³/mol. The SMILES string of the molecule is C=C(/N=C(\C=C/N)n1nnc2ccccc21)N[C@H](C)Cn1cncn1. The maximum atomic E-state index is 5.56. The van der Waals surface area contributed by atoms with E-state index in [4.69, 9.17) is 5.73 Å². The van der Waals surface area contributed by atoms with E-state index in [2.05, 4.69) is 37.3 Å². The van der Waals surface area contributed by atoms with Crippen LogP contribution in [-0.4, -0.2) is 41.6 Å². The van der Waals surface area contributed by atoms with E-state index in [-0.39, 0.29) is 6.04 Å². The quantitative estimate of drug-likeness (QED) is 0.510. The molecule has 25 heavy (non-hydrogen) atoms. The minimum atomic E-state index is 0.0635. The van der Waals surface area contributed by atoms with Crippen molar-refractivity contribution in [3.63, 3.8) is 0 Å². The maximum Gasteiger partial charge on any atom is 0.159 e. The van der Waals surface area contributed by atoms with Crippen LogP contribution in [0.5, 0.6) is 0 Å². The van der Waals surface area contributed by atoms with Gasteiger partial charge in [-0.25, -0.2) is 9.98 Å². The van der Waals surface area contributed by atoms with E-state index in [1.807, 2.05) is 31.2 Å². The maximum absolute atomic E-state index is 5.56. The minimum absolute atomic E-state index is 0.0635. The molecular formula is C16H19N9. The van der Waals surface area contributed by atoms with E-state index in [1.165, 1.54) is 12.5 Å². The highest BCUT2D eigenvalue weighted by Gasteiger charge is 2.09. The van der Waals surface area contributed by atoms with Crippen LogP contribution in [0, 0.1) is 0 Å². The van der Waals surface area contributed by atoms with Crippen LogP contribution in [0.3, 0.4) is 0 Å². The number of benzene rings is 1. The number of nitrogens with zero attached hydrogens (tertiary/aromatic N) is 7. The first kappa shape index (κ1) is 16.4. The topological polar surface area (TPSA) is 112 Å². The monoisotopic (exact) mass is 337 g/mol. The molecule has 2 heterocycles. The molecule has 0 unspecified atom stereocenters. The largest absolute Gasteiger partial charge is 0.404 e. The number of allylic oxidation sites excluding steroid dienone is 1. The fourth-order valence-corrected chi connectivity index (χ4v) is 2.39. The lowest BCUT2D eigenvalue weighted by Crippen LogP contribution is -2.30. The molecule has 1 aromatic carbocycles. The molecule has 0 saturated heterocycles. The van der Waals surface area contributed by atoms with Crippen LogP contribution < -0.4 is 11.1 Å². The first-order valence-electron chi connectivity index (χ1n) is 7.73. The van der Waals surface area contributed by atoms with Gasteiger partial charge in [0.05, 0.1) is 12.1 Å². The first-order chi connectivity index (χ1) is 12.2. The fourth-order valence-electron chi connectivity index (χ4n) is 2.39. The Hall–Kier alpha value is -3.49. The van der Waals surface area contributed by atoms with Gasteiger partial charge in [-0.1, -0.05) is 23.9 Å². The summed E-state index contributed by atoms with van der Waals surface area (Å²) in [6.45, 7) is 6.60. The van der Waals surface area contributed by atoms with E-state index in [9.17, 15) is 0 Å². The van der Waals surface area contributed by atoms with E-state index < -0.39 is 0 Å². The Labute approximate surface area is 144 Å². The smallest absolute Gasteiger partial charge is 0.159 e. The minimum Gasteiger partial charge on any atom is -0.404 e. The number of aromatic nitrogens is 6. The van der Waals surface area contributed by atoms with Crippen molar-refractivity contribution in [1.29, 1.82) is 0 Å². The molecule has 0 spiro atoms. The molecule has 3 N–H and O–H groups in total. The van der Waals surface area contributed by atoms with Crippen LogP contribution in [0.25, 0.3) is 11.0 Å². The zero-order chi connectivity index (χ0) is 17.6. The molecule has 0 radical (unpaired) electrons. The molecule has 0 aliphatic heterocycles. The average Bonchev–Trinajstić information content (AvgIpc) is 3.23. The van der Waals surface area contributed by atoms with Crippen molar-refractivity contribution in [2.24, 2.45) is 10.7 Å². The summed E-state index contributed by atoms with van der Waals surface area (Å²) < 4.78 is 3.36. The Bertz CT molecular complexity index is 905. The summed E-state index contributed by atoms with van der Waals surface area (Å²) in [6.07, 6.45) is 6.21. The summed E-state index contributed by atoms with van der Waals surface area (Å²) in [5.74, 6) is 1.00. The molecule has 9 heteroatoms. The number of nitrogens with one attached hydrogen (secondary N) is 1. The van der Waals surface area contributed by atoms with Gasteiger partial charge in [0.1, 0.15) is 24.0 Å². The molecule has 0 aliphatic rings. The summed E-state index contributed by atoms with van der Waals surface area (Å²) in [5.41, 5.74) is 7.17. The highest BCUT2D eigenvalue weighted by molar-refractivity contribution is 5.99. The third kappa shape index (κ3) is 3.89. The number of para-hydroxylation sites is 1. The molecule has 0 bridgehead atoms. The van der Waals surface area contributed by atoms with Gasteiger partial charge in [0, 0.05) is 6.04 Å². The molecule has 0 saturated carbocycles. The van der Waals surface area contributed by atoms with Crippen molar-refractivity contribution < 1.29 is 0 Å². The Kier molecular flexibility index (Phi) is 4.84. The second-order valence-corrected chi connectivity index (χ2v) is 5.43. The standard InChI is InChI=1S/C16H19N9/c1-12(9-24-11-18-10-19-24)20-13(2)21-16(7-8-17)25-15-6-4-3-5-14(15)22-23-25/h3-8,10-12,20H,2,9,17H2,1H3/b8-7-,21-16+/t12-/m1/s1. The molecule has 0 amide bonds. The summed E-state index contributed by atoms with van der Waals surface area (Å²) in [4.78, 5) is 8.41. The normalized spacial score (nSPS) is 13.4. The Morgan fingerprint density at radius 3 is 3.04 bits per heavy atom. The number of aliphatic imine (C=N–C) groups is 1. The van der Waals surface area contributed by atoms with Crippen LogP contribution in [0.2, 0.25) is 0 Å². The van der Waals surface area contributed by atoms with Crippen LogP contribution in [0.4, 0.5) is 0 Å². The molecule has 9 nitrogen and oxygen atoms in total. The van der Waals surface area contributed by atoms with Crippen molar-refractivity contribution in [3.05, 3.63) is 61.6 Å². The summed E-state index contributed by atoms with van der Waals surface area (Å²) in [5, 5.41) is 15.6. The van der Waals surface area contributed by atoms with Gasteiger partial charge in [0.2, 0.25) is 0 Å². The second kappa shape index (κ2) is 7.39. The van der Waals surface area contributed by atoms with Crippen molar-refractivity contribution in [3.8, 4) is 0 Å². The van der Waals surface area contributed by atoms with Gasteiger partial charge >= 0.3 is 0 Å². The molecule has 3 rings (SSSR count). The van der Waals surface area contributed by atoms with Crippen molar-refractivity contribution in [2.45, 2.75) is 19.5 Å². The first-order valence-corrected chi connectivity index (χ1v) is 7.73. The van der Waals surface area contributed by atoms with Crippen LogP contribution in [0.15, 0.2) is 66.6 Å². The Morgan fingerprint density at radius 2 is 2.28 bits per heavy atom.